The summed E-state index contributed by atoms with van der Waals surface area (Å²) in [6.07, 6.45) is 11.9. The number of carbonyl (C=O) groups is 1. The summed E-state index contributed by atoms with van der Waals surface area (Å²) in [6, 6.07) is 0. The third kappa shape index (κ3) is 2.98. The normalized spacial score (nSPS) is 45.3. The van der Waals surface area contributed by atoms with Crippen LogP contribution in [0.15, 0.2) is 11.6 Å². The van der Waals surface area contributed by atoms with Gasteiger partial charge in [-0.1, -0.05) is 60.1 Å². The number of aromatic amines is 1. The molecule has 0 spiro atoms. The molecule has 37 heavy (non-hydrogen) atoms. The number of rotatable bonds is 2. The van der Waals surface area contributed by atoms with Crippen molar-refractivity contribution in [3.63, 3.8) is 0 Å². The molecular weight excluding hydrogens is 458 g/mol. The van der Waals surface area contributed by atoms with Gasteiger partial charge in [-0.3, -0.25) is 9.89 Å². The van der Waals surface area contributed by atoms with Crippen LogP contribution in [-0.4, -0.2) is 28.3 Å². The highest BCUT2D eigenvalue weighted by Crippen LogP contribution is 2.75. The number of aliphatic carboxylic acids is 1. The van der Waals surface area contributed by atoms with Gasteiger partial charge in [0.25, 0.3) is 0 Å². The molecule has 3 unspecified atom stereocenters. The highest BCUT2D eigenvalue weighted by Gasteiger charge is 2.69. The summed E-state index contributed by atoms with van der Waals surface area (Å²) in [6.45, 7) is 17.3. The van der Waals surface area contributed by atoms with Crippen molar-refractivity contribution in [2.24, 2.45) is 44.8 Å². The standard InChI is InChI=1S/C32H49N3O2/c1-27(2)13-15-32(26(36)37)16-14-30(6)20(21(32)18-27)9-10-23-29(5)17-19-24(34-35-25(19)33-8)28(3,4)22(29)11-12-31(23,30)7/h9,21-23H,10-18H2,1-8H3,(H,36,37)(H2,33,34,35)/t21?,22?,23?,29-,30+,31+,32-/m0/s1. The molecule has 204 valence electrons. The first-order chi connectivity index (χ1) is 17.2. The van der Waals surface area contributed by atoms with E-state index in [4.69, 9.17) is 5.10 Å². The van der Waals surface area contributed by atoms with Gasteiger partial charge in [0.2, 0.25) is 0 Å². The van der Waals surface area contributed by atoms with Crippen molar-refractivity contribution < 1.29 is 9.90 Å². The summed E-state index contributed by atoms with van der Waals surface area (Å²) in [5.74, 6) is 1.89. The van der Waals surface area contributed by atoms with Crippen molar-refractivity contribution in [3.8, 4) is 0 Å². The Morgan fingerprint density at radius 3 is 2.41 bits per heavy atom. The van der Waals surface area contributed by atoms with E-state index in [-0.39, 0.29) is 33.0 Å². The SMILES string of the molecule is CNc1[nH]nc2c1C[C@@]1(C)C(CC[C@]3(C)C1CC=C1C4CC(C)(C)CC[C@]4(C(=O)O)CC[C@]13C)C2(C)C. The van der Waals surface area contributed by atoms with Crippen molar-refractivity contribution >= 4 is 11.8 Å². The monoisotopic (exact) mass is 507 g/mol. The van der Waals surface area contributed by atoms with Gasteiger partial charge in [-0.05, 0) is 97.2 Å². The molecule has 1 aromatic heterocycles. The second-order valence-corrected chi connectivity index (χ2v) is 15.8. The molecule has 5 aliphatic carbocycles. The number of nitrogens with one attached hydrogen (secondary N) is 2. The van der Waals surface area contributed by atoms with Gasteiger partial charge in [0.05, 0.1) is 11.1 Å². The van der Waals surface area contributed by atoms with E-state index < -0.39 is 11.4 Å². The van der Waals surface area contributed by atoms with Gasteiger partial charge in [0, 0.05) is 18.0 Å². The smallest absolute Gasteiger partial charge is 0.310 e. The van der Waals surface area contributed by atoms with E-state index in [2.05, 4.69) is 65.0 Å². The van der Waals surface area contributed by atoms with Crippen molar-refractivity contribution in [2.75, 3.05) is 12.4 Å². The van der Waals surface area contributed by atoms with Gasteiger partial charge >= 0.3 is 5.97 Å². The topological polar surface area (TPSA) is 78.0 Å². The Morgan fingerprint density at radius 1 is 1.03 bits per heavy atom. The molecule has 5 nitrogen and oxygen atoms in total. The maximum absolute atomic E-state index is 12.9. The quantitative estimate of drug-likeness (QED) is 0.366. The van der Waals surface area contributed by atoms with Crippen LogP contribution in [0.25, 0.3) is 0 Å². The molecule has 0 saturated heterocycles. The van der Waals surface area contributed by atoms with Crippen molar-refractivity contribution in [1.29, 1.82) is 0 Å². The lowest BCUT2D eigenvalue weighted by Gasteiger charge is -2.70. The first kappa shape index (κ1) is 25.5. The number of aromatic nitrogens is 2. The number of hydrogen-bond acceptors (Lipinski definition) is 3. The zero-order chi connectivity index (χ0) is 26.8. The number of nitrogens with zero attached hydrogens (tertiary/aromatic N) is 1. The summed E-state index contributed by atoms with van der Waals surface area (Å²) in [5.41, 5.74) is 4.25. The number of H-pyrrole nitrogens is 1. The van der Waals surface area contributed by atoms with E-state index >= 15 is 0 Å². The predicted molar refractivity (Wildman–Crippen MR) is 149 cm³/mol. The Kier molecular flexibility index (Phi) is 5.13. The Balaban J connectivity index is 1.47. The molecule has 5 heteroatoms. The minimum atomic E-state index is -0.564. The third-order valence-electron chi connectivity index (χ3n) is 13.5. The minimum absolute atomic E-state index is 0.0264. The van der Waals surface area contributed by atoms with E-state index in [0.29, 0.717) is 11.8 Å². The fraction of sp³-hybridized carbons (Fsp3) is 0.812. The molecule has 7 atom stereocenters. The van der Waals surface area contributed by atoms with Gasteiger partial charge < -0.3 is 10.4 Å². The Morgan fingerprint density at radius 2 is 1.73 bits per heavy atom. The highest BCUT2D eigenvalue weighted by atomic mass is 16.4. The fourth-order valence-corrected chi connectivity index (χ4v) is 11.2. The third-order valence-corrected chi connectivity index (χ3v) is 13.5. The van der Waals surface area contributed by atoms with Gasteiger partial charge in [0.1, 0.15) is 5.82 Å². The van der Waals surface area contributed by atoms with Crippen molar-refractivity contribution in [2.45, 2.75) is 112 Å². The lowest BCUT2D eigenvalue weighted by atomic mass is 9.33. The van der Waals surface area contributed by atoms with E-state index in [1.54, 1.807) is 0 Å². The molecular formula is C32H49N3O2. The lowest BCUT2D eigenvalue weighted by Crippen LogP contribution is -2.64. The van der Waals surface area contributed by atoms with E-state index in [1.165, 1.54) is 29.7 Å². The van der Waals surface area contributed by atoms with Crippen LogP contribution in [0.3, 0.4) is 0 Å². The molecule has 0 aromatic carbocycles. The first-order valence-corrected chi connectivity index (χ1v) is 14.9. The first-order valence-electron chi connectivity index (χ1n) is 14.9. The Labute approximate surface area is 223 Å². The molecule has 0 amide bonds. The molecule has 6 rings (SSSR count). The number of carboxylic acids is 1. The van der Waals surface area contributed by atoms with Crippen LogP contribution in [0.4, 0.5) is 5.82 Å². The molecule has 0 bridgehead atoms. The van der Waals surface area contributed by atoms with Gasteiger partial charge in [-0.2, -0.15) is 5.10 Å². The molecule has 0 aliphatic heterocycles. The Hall–Kier alpha value is -1.78. The molecule has 5 aliphatic rings. The number of hydrogen-bond donors (Lipinski definition) is 3. The van der Waals surface area contributed by atoms with Crippen LogP contribution in [0.2, 0.25) is 0 Å². The molecule has 3 fully saturated rings. The number of carboxylic acid groups (broad SMARTS) is 1. The maximum Gasteiger partial charge on any atom is 0.310 e. The average Bonchev–Trinajstić information content (AvgIpc) is 3.22. The summed E-state index contributed by atoms with van der Waals surface area (Å²) in [5, 5.41) is 22.1. The van der Waals surface area contributed by atoms with E-state index in [0.717, 1.165) is 50.8 Å². The predicted octanol–water partition coefficient (Wildman–Crippen LogP) is 7.35. The van der Waals surface area contributed by atoms with Gasteiger partial charge in [-0.25, -0.2) is 0 Å². The molecule has 3 N–H and O–H groups in total. The van der Waals surface area contributed by atoms with Crippen LogP contribution < -0.4 is 5.32 Å². The highest BCUT2D eigenvalue weighted by molar-refractivity contribution is 5.76. The fourth-order valence-electron chi connectivity index (χ4n) is 11.2. The van der Waals surface area contributed by atoms with Gasteiger partial charge in [-0.15, -0.1) is 0 Å². The van der Waals surface area contributed by atoms with Gasteiger partial charge in [0.15, 0.2) is 0 Å². The zero-order valence-electron chi connectivity index (χ0n) is 24.5. The molecule has 1 aromatic rings. The van der Waals surface area contributed by atoms with E-state index in [1.807, 2.05) is 7.05 Å². The molecule has 0 radical (unpaired) electrons. The average molecular weight is 508 g/mol. The van der Waals surface area contributed by atoms with Crippen molar-refractivity contribution in [3.05, 3.63) is 22.9 Å². The van der Waals surface area contributed by atoms with Crippen molar-refractivity contribution in [1.82, 2.24) is 10.2 Å². The number of allylic oxidation sites excluding steroid dienone is 2. The van der Waals surface area contributed by atoms with Crippen LogP contribution in [0.5, 0.6) is 0 Å². The second-order valence-electron chi connectivity index (χ2n) is 15.8. The summed E-state index contributed by atoms with van der Waals surface area (Å²) in [7, 11) is 2.00. The summed E-state index contributed by atoms with van der Waals surface area (Å²) in [4.78, 5) is 12.9. The Bertz CT molecular complexity index is 1180. The second kappa shape index (κ2) is 7.45. The molecule has 1 heterocycles. The van der Waals surface area contributed by atoms with E-state index in [9.17, 15) is 9.90 Å². The minimum Gasteiger partial charge on any atom is -0.481 e. The lowest BCUT2D eigenvalue weighted by molar-refractivity contribution is -0.177. The van der Waals surface area contributed by atoms with Crippen LogP contribution in [0, 0.1) is 44.8 Å². The largest absolute Gasteiger partial charge is 0.481 e. The maximum atomic E-state index is 12.9. The summed E-state index contributed by atoms with van der Waals surface area (Å²) >= 11 is 0. The number of anilines is 1. The molecule has 3 saturated carbocycles. The summed E-state index contributed by atoms with van der Waals surface area (Å²) < 4.78 is 0. The van der Waals surface area contributed by atoms with Crippen LogP contribution in [0.1, 0.15) is 111 Å². The zero-order valence-corrected chi connectivity index (χ0v) is 24.5. The van der Waals surface area contributed by atoms with Crippen LogP contribution >= 0.6 is 0 Å². The number of fused-ring (bicyclic) bond motifs is 8. The van der Waals surface area contributed by atoms with Crippen LogP contribution in [-0.2, 0) is 16.6 Å².